The molecule has 0 atom stereocenters. The Morgan fingerprint density at radius 3 is 2.44 bits per heavy atom. The smallest absolute Gasteiger partial charge is 0.290 e. The number of halogens is 2. The summed E-state index contributed by atoms with van der Waals surface area (Å²) in [5.74, 6) is -0.148. The number of amides is 2. The van der Waals surface area contributed by atoms with Crippen LogP contribution in [0.5, 0.6) is 0 Å². The monoisotopic (exact) mass is 539 g/mol. The third kappa shape index (κ3) is 4.23. The number of benzene rings is 1. The molecular formula is C21H15Cl2N3O6S2. The second kappa shape index (κ2) is 8.99. The first kappa shape index (κ1) is 23.3. The summed E-state index contributed by atoms with van der Waals surface area (Å²) in [4.78, 5) is 27.5. The van der Waals surface area contributed by atoms with E-state index in [0.29, 0.717) is 41.1 Å². The molecule has 5 rings (SSSR count). The number of thioether (sulfide) groups is 1. The molecular weight excluding hydrogens is 525 g/mol. The maximum atomic E-state index is 13.1. The molecule has 2 aliphatic rings. The molecule has 176 valence electrons. The van der Waals surface area contributed by atoms with Crippen molar-refractivity contribution in [1.82, 2.24) is 14.6 Å². The van der Waals surface area contributed by atoms with Crippen LogP contribution >= 0.6 is 35.0 Å². The van der Waals surface area contributed by atoms with Crippen LogP contribution in [0.2, 0.25) is 10.0 Å². The lowest BCUT2D eigenvalue weighted by Crippen LogP contribution is -2.40. The van der Waals surface area contributed by atoms with Crippen molar-refractivity contribution in [3.63, 3.8) is 0 Å². The minimum absolute atomic E-state index is 0.0302. The van der Waals surface area contributed by atoms with E-state index >= 15 is 0 Å². The zero-order valence-corrected chi connectivity index (χ0v) is 20.4. The second-order valence-corrected chi connectivity index (χ2v) is 11.1. The van der Waals surface area contributed by atoms with Crippen molar-refractivity contribution in [3.8, 4) is 11.1 Å². The Hall–Kier alpha value is -2.41. The highest BCUT2D eigenvalue weighted by molar-refractivity contribution is 8.18. The Morgan fingerprint density at radius 1 is 1.09 bits per heavy atom. The predicted molar refractivity (Wildman–Crippen MR) is 128 cm³/mol. The third-order valence-electron chi connectivity index (χ3n) is 5.23. The molecule has 1 aromatic carbocycles. The Kier molecular flexibility index (Phi) is 6.17. The summed E-state index contributed by atoms with van der Waals surface area (Å²) in [6.07, 6.45) is 4.59. The Balaban J connectivity index is 1.55. The van der Waals surface area contributed by atoms with E-state index in [2.05, 4.69) is 10.3 Å². The summed E-state index contributed by atoms with van der Waals surface area (Å²) >= 11 is 13.6. The molecule has 34 heavy (non-hydrogen) atoms. The number of nitrogens with one attached hydrogen (secondary N) is 1. The molecule has 0 aliphatic carbocycles. The van der Waals surface area contributed by atoms with Crippen molar-refractivity contribution in [2.45, 2.75) is 4.90 Å². The third-order valence-corrected chi connectivity index (χ3v) is 8.87. The molecule has 0 saturated carbocycles. The van der Waals surface area contributed by atoms with E-state index in [-0.39, 0.29) is 32.9 Å². The minimum atomic E-state index is -3.91. The summed E-state index contributed by atoms with van der Waals surface area (Å²) < 4.78 is 38.7. The Morgan fingerprint density at radius 2 is 1.79 bits per heavy atom. The summed E-state index contributed by atoms with van der Waals surface area (Å²) in [6, 6.07) is 4.67. The Bertz CT molecular complexity index is 1460. The molecule has 9 nitrogen and oxygen atoms in total. The Labute approximate surface area is 208 Å². The molecule has 1 N–H and O–H groups in total. The molecule has 0 radical (unpaired) electrons. The van der Waals surface area contributed by atoms with Crippen LogP contribution in [0.3, 0.4) is 0 Å². The number of fused-ring (bicyclic) bond motifs is 1. The quantitative estimate of drug-likeness (QED) is 0.491. The maximum absolute atomic E-state index is 13.1. The van der Waals surface area contributed by atoms with Crippen molar-refractivity contribution < 1.29 is 27.2 Å². The highest BCUT2D eigenvalue weighted by atomic mass is 35.5. The highest BCUT2D eigenvalue weighted by Crippen LogP contribution is 2.39. The van der Waals surface area contributed by atoms with Crippen LogP contribution in [0.4, 0.5) is 4.79 Å². The van der Waals surface area contributed by atoms with E-state index in [1.54, 1.807) is 18.5 Å². The molecule has 2 saturated heterocycles. The molecule has 0 spiro atoms. The first-order chi connectivity index (χ1) is 16.2. The molecule has 2 fully saturated rings. The highest BCUT2D eigenvalue weighted by Gasteiger charge is 2.31. The van der Waals surface area contributed by atoms with Gasteiger partial charge in [-0.15, -0.1) is 0 Å². The average molecular weight is 540 g/mol. The first-order valence-corrected chi connectivity index (χ1v) is 12.9. The van der Waals surface area contributed by atoms with E-state index in [1.807, 2.05) is 0 Å². The molecule has 0 bridgehead atoms. The zero-order valence-electron chi connectivity index (χ0n) is 17.2. The lowest BCUT2D eigenvalue weighted by molar-refractivity contribution is -0.115. The molecule has 3 aromatic rings. The largest absolute Gasteiger partial charge is 0.456 e. The molecule has 0 unspecified atom stereocenters. The fourth-order valence-corrected chi connectivity index (χ4v) is 6.92. The number of sulfonamides is 1. The standard InChI is InChI=1S/C21H15Cl2N3O6S2/c22-15-6-11(7-16(23)19(15)34(29,30)26-1-3-31-4-2-26)14-10-24-9-12-5-13(32-18(12)14)8-17-20(27)25-21(28)33-17/h5-10H,1-4H2,(H,25,27,28)/b17-8+. The van der Waals surface area contributed by atoms with Crippen molar-refractivity contribution >= 4 is 73.2 Å². The van der Waals surface area contributed by atoms with Crippen LogP contribution in [0, 0.1) is 0 Å². The SMILES string of the molecule is O=C1NC(=O)/C(=C\c2cc3cncc(-c4cc(Cl)c(S(=O)(=O)N5CCOCC5)c(Cl)c4)c3o2)S1. The van der Waals surface area contributed by atoms with Crippen LogP contribution in [-0.4, -0.2) is 55.2 Å². The van der Waals surface area contributed by atoms with Crippen molar-refractivity contribution in [2.75, 3.05) is 26.3 Å². The lowest BCUT2D eigenvalue weighted by Gasteiger charge is -2.27. The van der Waals surface area contributed by atoms with Crippen LogP contribution in [0.15, 0.2) is 44.8 Å². The lowest BCUT2D eigenvalue weighted by atomic mass is 10.1. The van der Waals surface area contributed by atoms with Gasteiger partial charge in [-0.2, -0.15) is 4.31 Å². The number of furan rings is 1. The molecule has 4 heterocycles. The number of carbonyl (C=O) groups excluding carboxylic acids is 2. The first-order valence-electron chi connectivity index (χ1n) is 9.94. The number of hydrogen-bond acceptors (Lipinski definition) is 8. The summed E-state index contributed by atoms with van der Waals surface area (Å²) in [6.45, 7) is 1.02. The van der Waals surface area contributed by atoms with Gasteiger partial charge in [0.05, 0.1) is 28.2 Å². The average Bonchev–Trinajstić information content (AvgIpc) is 3.35. The minimum Gasteiger partial charge on any atom is -0.456 e. The number of nitrogens with zero attached hydrogens (tertiary/aromatic N) is 2. The normalized spacial score (nSPS) is 18.7. The van der Waals surface area contributed by atoms with Gasteiger partial charge < -0.3 is 9.15 Å². The number of pyridine rings is 1. The van der Waals surface area contributed by atoms with E-state index in [0.717, 1.165) is 11.8 Å². The van der Waals surface area contributed by atoms with E-state index in [4.69, 9.17) is 32.4 Å². The van der Waals surface area contributed by atoms with Crippen LogP contribution < -0.4 is 5.32 Å². The molecule has 2 aromatic heterocycles. The van der Waals surface area contributed by atoms with E-state index < -0.39 is 21.2 Å². The number of rotatable bonds is 4. The predicted octanol–water partition coefficient (Wildman–Crippen LogP) is 4.15. The summed E-state index contributed by atoms with van der Waals surface area (Å²) in [5, 5.41) is 2.31. The number of carbonyl (C=O) groups is 2. The van der Waals surface area contributed by atoms with Crippen molar-refractivity contribution in [3.05, 3.63) is 51.3 Å². The van der Waals surface area contributed by atoms with Crippen LogP contribution in [-0.2, 0) is 19.6 Å². The van der Waals surface area contributed by atoms with Gasteiger partial charge in [0.15, 0.2) is 0 Å². The van der Waals surface area contributed by atoms with Gasteiger partial charge in [-0.25, -0.2) is 8.42 Å². The maximum Gasteiger partial charge on any atom is 0.290 e. The zero-order chi connectivity index (χ0) is 24.0. The van der Waals surface area contributed by atoms with Gasteiger partial charge >= 0.3 is 0 Å². The number of aromatic nitrogens is 1. The van der Waals surface area contributed by atoms with Gasteiger partial charge in [-0.05, 0) is 35.5 Å². The number of ether oxygens (including phenoxy) is 1. The molecule has 2 amide bonds. The van der Waals surface area contributed by atoms with Gasteiger partial charge in [0.25, 0.3) is 11.1 Å². The van der Waals surface area contributed by atoms with Crippen LogP contribution in [0.25, 0.3) is 28.2 Å². The fourth-order valence-electron chi connectivity index (χ4n) is 3.69. The van der Waals surface area contributed by atoms with Gasteiger partial charge in [-0.3, -0.25) is 19.9 Å². The van der Waals surface area contributed by atoms with Gasteiger partial charge in [0.2, 0.25) is 10.0 Å². The van der Waals surface area contributed by atoms with E-state index in [1.165, 1.54) is 22.5 Å². The van der Waals surface area contributed by atoms with Crippen LogP contribution in [0.1, 0.15) is 5.76 Å². The topological polar surface area (TPSA) is 119 Å². The second-order valence-electron chi connectivity index (χ2n) is 7.39. The number of morpholine rings is 1. The molecule has 2 aliphatic heterocycles. The summed E-state index contributed by atoms with van der Waals surface area (Å²) in [5.41, 5.74) is 1.47. The number of imide groups is 1. The summed E-state index contributed by atoms with van der Waals surface area (Å²) in [7, 11) is -3.91. The van der Waals surface area contributed by atoms with Crippen molar-refractivity contribution in [1.29, 1.82) is 0 Å². The number of hydrogen-bond donors (Lipinski definition) is 1. The van der Waals surface area contributed by atoms with Gasteiger partial charge in [-0.1, -0.05) is 23.2 Å². The van der Waals surface area contributed by atoms with Crippen molar-refractivity contribution in [2.24, 2.45) is 0 Å². The molecule has 13 heteroatoms. The van der Waals surface area contributed by atoms with Gasteiger partial charge in [0, 0.05) is 42.5 Å². The van der Waals surface area contributed by atoms with Gasteiger partial charge in [0.1, 0.15) is 16.2 Å². The fraction of sp³-hybridized carbons (Fsp3) is 0.190. The van der Waals surface area contributed by atoms with E-state index in [9.17, 15) is 18.0 Å².